The number of carbonyl (C=O) groups is 2. The minimum absolute atomic E-state index is 0.0303. The van der Waals surface area contributed by atoms with Crippen molar-refractivity contribution in [3.63, 3.8) is 0 Å². The van der Waals surface area contributed by atoms with E-state index in [1.165, 1.54) is 19.2 Å². The van der Waals surface area contributed by atoms with Gasteiger partial charge in [-0.25, -0.2) is 4.39 Å². The number of methoxy groups -OCH3 is 1. The number of likely N-dealkylation sites (tertiary alicyclic amines) is 1. The highest BCUT2D eigenvalue weighted by Crippen LogP contribution is 2.23. The monoisotopic (exact) mass is 462 g/mol. The number of nitrogens with zero attached hydrogens (tertiary/aromatic N) is 1. The van der Waals surface area contributed by atoms with Gasteiger partial charge in [0.05, 0.1) is 12.7 Å². The van der Waals surface area contributed by atoms with Crippen molar-refractivity contribution in [3.8, 4) is 5.75 Å². The number of ketones is 1. The Balaban J connectivity index is 1.44. The molecule has 0 bridgehead atoms. The van der Waals surface area contributed by atoms with Crippen LogP contribution in [0.1, 0.15) is 33.6 Å². The van der Waals surface area contributed by atoms with Crippen molar-refractivity contribution in [1.82, 2.24) is 10.2 Å². The fourth-order valence-electron chi connectivity index (χ4n) is 3.55. The number of benzene rings is 2. The number of rotatable bonds is 7. The quantitative estimate of drug-likeness (QED) is 0.633. The van der Waals surface area contributed by atoms with Crippen LogP contribution in [-0.4, -0.2) is 49.9 Å². The predicted molar refractivity (Wildman–Crippen MR) is 113 cm³/mol. The molecular formula is C22H24BrFN2O3. The van der Waals surface area contributed by atoms with Gasteiger partial charge in [-0.05, 0) is 68.4 Å². The lowest BCUT2D eigenvalue weighted by atomic mass is 9.89. The minimum atomic E-state index is -0.334. The minimum Gasteiger partial charge on any atom is -0.496 e. The second-order valence-corrected chi connectivity index (χ2v) is 8.00. The smallest absolute Gasteiger partial charge is 0.255 e. The van der Waals surface area contributed by atoms with Gasteiger partial charge in [0.25, 0.3) is 5.91 Å². The van der Waals surface area contributed by atoms with Gasteiger partial charge in [-0.3, -0.25) is 9.59 Å². The van der Waals surface area contributed by atoms with Gasteiger partial charge in [0.1, 0.15) is 11.6 Å². The van der Waals surface area contributed by atoms with Gasteiger partial charge in [-0.15, -0.1) is 0 Å². The lowest BCUT2D eigenvalue weighted by Gasteiger charge is -2.31. The average Bonchev–Trinajstić information content (AvgIpc) is 2.74. The summed E-state index contributed by atoms with van der Waals surface area (Å²) >= 11 is 3.37. The number of carbonyl (C=O) groups excluding carboxylic acids is 2. The normalized spacial score (nSPS) is 15.1. The molecule has 0 radical (unpaired) electrons. The van der Waals surface area contributed by atoms with E-state index in [1.54, 1.807) is 24.3 Å². The molecule has 0 saturated carbocycles. The Kier molecular flexibility index (Phi) is 7.39. The molecule has 0 unspecified atom stereocenters. The van der Waals surface area contributed by atoms with Crippen molar-refractivity contribution < 1.29 is 18.7 Å². The van der Waals surface area contributed by atoms with Gasteiger partial charge in [0.2, 0.25) is 0 Å². The van der Waals surface area contributed by atoms with Crippen LogP contribution in [0, 0.1) is 11.7 Å². The summed E-state index contributed by atoms with van der Waals surface area (Å²) < 4.78 is 19.1. The first-order valence-corrected chi connectivity index (χ1v) is 10.4. The Hall–Kier alpha value is -2.25. The van der Waals surface area contributed by atoms with Crippen molar-refractivity contribution in [2.45, 2.75) is 12.8 Å². The number of Topliss-reactive ketones (excluding diaryl/α,β-unsaturated/α-hetero) is 1. The van der Waals surface area contributed by atoms with E-state index in [2.05, 4.69) is 26.1 Å². The third kappa shape index (κ3) is 5.64. The molecule has 1 N–H and O–H groups in total. The van der Waals surface area contributed by atoms with Crippen LogP contribution in [0.3, 0.4) is 0 Å². The second-order valence-electron chi connectivity index (χ2n) is 7.09. The Morgan fingerprint density at radius 3 is 2.52 bits per heavy atom. The van der Waals surface area contributed by atoms with E-state index < -0.39 is 0 Å². The van der Waals surface area contributed by atoms with Crippen LogP contribution in [-0.2, 0) is 0 Å². The number of hydrogen-bond donors (Lipinski definition) is 1. The Morgan fingerprint density at radius 2 is 1.86 bits per heavy atom. The van der Waals surface area contributed by atoms with E-state index in [-0.39, 0.29) is 23.4 Å². The highest BCUT2D eigenvalue weighted by atomic mass is 79.9. The maximum absolute atomic E-state index is 13.0. The fourth-order valence-corrected chi connectivity index (χ4v) is 3.91. The zero-order chi connectivity index (χ0) is 20.8. The number of piperidine rings is 1. The number of halogens is 2. The molecule has 5 nitrogen and oxygen atoms in total. The summed E-state index contributed by atoms with van der Waals surface area (Å²) in [6.45, 7) is 2.84. The summed E-state index contributed by atoms with van der Waals surface area (Å²) in [7, 11) is 1.54. The molecule has 1 aliphatic heterocycles. The zero-order valence-corrected chi connectivity index (χ0v) is 17.9. The lowest BCUT2D eigenvalue weighted by molar-refractivity contribution is 0.0839. The first kappa shape index (κ1) is 21.5. The van der Waals surface area contributed by atoms with Gasteiger partial charge >= 0.3 is 0 Å². The molecule has 1 amide bonds. The third-order valence-electron chi connectivity index (χ3n) is 5.21. The van der Waals surface area contributed by atoms with E-state index in [0.29, 0.717) is 23.4 Å². The molecule has 1 saturated heterocycles. The Bertz CT molecular complexity index is 865. The molecule has 154 valence electrons. The first-order chi connectivity index (χ1) is 14.0. The van der Waals surface area contributed by atoms with E-state index in [0.717, 1.165) is 36.9 Å². The SMILES string of the molecule is COc1ccc(Br)cc1C(=O)NCCN1CCC(C(=O)c2ccc(F)cc2)CC1. The molecule has 2 aromatic rings. The molecule has 0 aromatic heterocycles. The summed E-state index contributed by atoms with van der Waals surface area (Å²) in [5.74, 6) is 0.0752. The van der Waals surface area contributed by atoms with Crippen molar-refractivity contribution in [2.24, 2.45) is 5.92 Å². The molecule has 0 spiro atoms. The van der Waals surface area contributed by atoms with E-state index in [9.17, 15) is 14.0 Å². The average molecular weight is 463 g/mol. The maximum Gasteiger partial charge on any atom is 0.255 e. The van der Waals surface area contributed by atoms with Crippen LogP contribution in [0.2, 0.25) is 0 Å². The highest BCUT2D eigenvalue weighted by molar-refractivity contribution is 9.10. The third-order valence-corrected chi connectivity index (χ3v) is 5.70. The van der Waals surface area contributed by atoms with Gasteiger partial charge in [0, 0.05) is 29.0 Å². The molecule has 1 heterocycles. The van der Waals surface area contributed by atoms with Crippen molar-refractivity contribution in [2.75, 3.05) is 33.3 Å². The first-order valence-electron chi connectivity index (χ1n) is 9.62. The standard InChI is InChI=1S/C22H24BrFN2O3/c1-29-20-7-4-17(23)14-19(20)22(28)25-10-13-26-11-8-16(9-12-26)21(27)15-2-5-18(24)6-3-15/h2-7,14,16H,8-13H2,1H3,(H,25,28). The van der Waals surface area contributed by atoms with Crippen molar-refractivity contribution in [1.29, 1.82) is 0 Å². The molecule has 0 aliphatic carbocycles. The highest BCUT2D eigenvalue weighted by Gasteiger charge is 2.25. The summed E-state index contributed by atoms with van der Waals surface area (Å²) in [5.41, 5.74) is 1.06. The zero-order valence-electron chi connectivity index (χ0n) is 16.3. The van der Waals surface area contributed by atoms with Crippen LogP contribution in [0.25, 0.3) is 0 Å². The van der Waals surface area contributed by atoms with Gasteiger partial charge in [-0.1, -0.05) is 15.9 Å². The van der Waals surface area contributed by atoms with E-state index >= 15 is 0 Å². The molecule has 2 aromatic carbocycles. The molecule has 7 heteroatoms. The van der Waals surface area contributed by atoms with Crippen LogP contribution in [0.15, 0.2) is 46.9 Å². The molecule has 3 rings (SSSR count). The number of hydrogen-bond acceptors (Lipinski definition) is 4. The summed E-state index contributed by atoms with van der Waals surface area (Å²) in [6, 6.07) is 11.1. The second kappa shape index (κ2) is 9.98. The van der Waals surface area contributed by atoms with Gasteiger partial charge < -0.3 is 15.0 Å². The summed E-state index contributed by atoms with van der Waals surface area (Å²) in [4.78, 5) is 27.2. The molecule has 1 fully saturated rings. The fraction of sp³-hybridized carbons (Fsp3) is 0.364. The van der Waals surface area contributed by atoms with Gasteiger partial charge in [0.15, 0.2) is 5.78 Å². The summed E-state index contributed by atoms with van der Waals surface area (Å²) in [6.07, 6.45) is 1.53. The van der Waals surface area contributed by atoms with Crippen LogP contribution in [0.5, 0.6) is 5.75 Å². The molecular weight excluding hydrogens is 439 g/mol. The number of amides is 1. The van der Waals surface area contributed by atoms with Gasteiger partial charge in [-0.2, -0.15) is 0 Å². The Labute approximate surface area is 178 Å². The van der Waals surface area contributed by atoms with Crippen LogP contribution >= 0.6 is 15.9 Å². The predicted octanol–water partition coefficient (Wildman–Crippen LogP) is 3.92. The Morgan fingerprint density at radius 1 is 1.17 bits per heavy atom. The number of nitrogens with one attached hydrogen (secondary N) is 1. The topological polar surface area (TPSA) is 58.6 Å². The van der Waals surface area contributed by atoms with E-state index in [1.807, 2.05) is 6.07 Å². The van der Waals surface area contributed by atoms with Crippen molar-refractivity contribution in [3.05, 3.63) is 63.9 Å². The lowest BCUT2D eigenvalue weighted by Crippen LogP contribution is -2.41. The largest absolute Gasteiger partial charge is 0.496 e. The number of ether oxygens (including phenoxy) is 1. The molecule has 29 heavy (non-hydrogen) atoms. The molecule has 0 atom stereocenters. The molecule has 1 aliphatic rings. The van der Waals surface area contributed by atoms with Crippen LogP contribution < -0.4 is 10.1 Å². The van der Waals surface area contributed by atoms with Crippen LogP contribution in [0.4, 0.5) is 4.39 Å². The van der Waals surface area contributed by atoms with Crippen molar-refractivity contribution >= 4 is 27.6 Å². The maximum atomic E-state index is 13.0. The van der Waals surface area contributed by atoms with E-state index in [4.69, 9.17) is 4.74 Å². The summed E-state index contributed by atoms with van der Waals surface area (Å²) in [5, 5.41) is 2.93.